The highest BCUT2D eigenvalue weighted by atomic mass is 32.2. The predicted molar refractivity (Wildman–Crippen MR) is 136 cm³/mol. The maximum Gasteiger partial charge on any atom is 0.353 e. The quantitative estimate of drug-likeness (QED) is 0.114. The Morgan fingerprint density at radius 2 is 1.97 bits per heavy atom. The minimum absolute atomic E-state index is 0.00717. The summed E-state index contributed by atoms with van der Waals surface area (Å²) in [5, 5.41) is 25.9. The van der Waals surface area contributed by atoms with Gasteiger partial charge in [-0.05, 0) is 26.7 Å². The minimum Gasteiger partial charge on any atom is -0.477 e. The van der Waals surface area contributed by atoms with Crippen molar-refractivity contribution in [3.63, 3.8) is 0 Å². The van der Waals surface area contributed by atoms with Gasteiger partial charge in [0.15, 0.2) is 5.96 Å². The van der Waals surface area contributed by atoms with Crippen molar-refractivity contribution in [3.8, 4) is 0 Å². The van der Waals surface area contributed by atoms with E-state index in [2.05, 4.69) is 15.6 Å². The number of aliphatic hydroxyl groups is 1. The third kappa shape index (κ3) is 5.14. The van der Waals surface area contributed by atoms with E-state index in [1.165, 1.54) is 16.7 Å². The Kier molecular flexibility index (Phi) is 7.72. The van der Waals surface area contributed by atoms with E-state index >= 15 is 0 Å². The molecule has 4 aliphatic heterocycles. The van der Waals surface area contributed by atoms with Gasteiger partial charge in [0, 0.05) is 41.7 Å². The number of guanidine groups is 1. The number of nitrogens with zero attached hydrogens (tertiary/aromatic N) is 3. The van der Waals surface area contributed by atoms with Gasteiger partial charge >= 0.3 is 5.97 Å². The monoisotopic (exact) mass is 537 g/mol. The number of nitrogens with one attached hydrogen (secondary N) is 2. The molecule has 0 spiro atoms. The second-order valence-corrected chi connectivity index (χ2v) is 11.6. The minimum atomic E-state index is -1.16. The first-order valence-corrected chi connectivity index (χ1v) is 13.3. The number of likely N-dealkylation sites (tertiary alicyclic amines) is 1. The van der Waals surface area contributed by atoms with Crippen LogP contribution in [0.5, 0.6) is 0 Å². The largest absolute Gasteiger partial charge is 0.477 e. The molecular weight excluding hydrogens is 502 g/mol. The van der Waals surface area contributed by atoms with Crippen LogP contribution in [0.25, 0.3) is 0 Å². The summed E-state index contributed by atoms with van der Waals surface area (Å²) in [6, 6.07) is -1.68. The van der Waals surface area contributed by atoms with Gasteiger partial charge in [-0.2, -0.15) is 0 Å². The first kappa shape index (κ1) is 27.2. The van der Waals surface area contributed by atoms with Crippen LogP contribution in [0, 0.1) is 11.8 Å². The summed E-state index contributed by atoms with van der Waals surface area (Å²) in [5.41, 5.74) is 10.7. The van der Waals surface area contributed by atoms with E-state index in [0.717, 1.165) is 0 Å². The van der Waals surface area contributed by atoms with Gasteiger partial charge in [-0.15, -0.1) is 11.8 Å². The number of thioether (sulfide) groups is 1. The summed E-state index contributed by atoms with van der Waals surface area (Å²) in [4.78, 5) is 57.5. The Bertz CT molecular complexity index is 1040. The number of nitrogens with two attached hydrogens (primary N) is 2. The molecule has 8 atom stereocenters. The van der Waals surface area contributed by atoms with E-state index in [4.69, 9.17) is 11.5 Å². The molecule has 204 valence electrons. The molecule has 8 N–H and O–H groups in total. The van der Waals surface area contributed by atoms with Crippen molar-refractivity contribution in [3.05, 3.63) is 10.6 Å². The molecule has 3 fully saturated rings. The predicted octanol–water partition coefficient (Wildman–Crippen LogP) is -2.02. The lowest BCUT2D eigenvalue weighted by molar-refractivity contribution is -0.163. The smallest absolute Gasteiger partial charge is 0.353 e. The number of carbonyl (C=O) groups is 4. The van der Waals surface area contributed by atoms with Crippen LogP contribution in [0.2, 0.25) is 0 Å². The van der Waals surface area contributed by atoms with Crippen molar-refractivity contribution in [2.45, 2.75) is 69.1 Å². The molecule has 14 heteroatoms. The number of hydrogen-bond donors (Lipinski definition) is 6. The Labute approximate surface area is 219 Å². The summed E-state index contributed by atoms with van der Waals surface area (Å²) >= 11 is 1.40. The van der Waals surface area contributed by atoms with E-state index in [1.54, 1.807) is 18.7 Å². The normalized spacial score (nSPS) is 32.6. The Morgan fingerprint density at radius 3 is 2.59 bits per heavy atom. The first-order chi connectivity index (χ1) is 17.4. The van der Waals surface area contributed by atoms with Gasteiger partial charge in [0.05, 0.1) is 24.1 Å². The average Bonchev–Trinajstić information content (AvgIpc) is 3.51. The van der Waals surface area contributed by atoms with Crippen LogP contribution in [0.1, 0.15) is 33.6 Å². The summed E-state index contributed by atoms with van der Waals surface area (Å²) in [6.07, 6.45) is 0.286. The van der Waals surface area contributed by atoms with E-state index in [9.17, 15) is 29.4 Å². The number of amides is 3. The Hall–Kier alpha value is -2.84. The molecule has 13 nitrogen and oxygen atoms in total. The molecule has 4 heterocycles. The second-order valence-electron chi connectivity index (χ2n) is 10.2. The Morgan fingerprint density at radius 1 is 1.27 bits per heavy atom. The van der Waals surface area contributed by atoms with Gasteiger partial charge in [0.1, 0.15) is 11.7 Å². The number of carboxylic acid groups (broad SMARTS) is 1. The Balaban J connectivity index is 1.34. The molecular formula is C23H35N7O6S. The molecule has 4 aliphatic rings. The van der Waals surface area contributed by atoms with Gasteiger partial charge in [-0.1, -0.05) is 6.92 Å². The van der Waals surface area contributed by atoms with Gasteiger partial charge < -0.3 is 42.1 Å². The van der Waals surface area contributed by atoms with Crippen LogP contribution in [-0.4, -0.2) is 105 Å². The zero-order chi connectivity index (χ0) is 27.2. The number of carbonyl (C=O) groups excluding carboxylic acids is 3. The lowest BCUT2D eigenvalue weighted by atomic mass is 9.79. The summed E-state index contributed by atoms with van der Waals surface area (Å²) in [5.74, 6) is -2.87. The standard InChI is InChI=1S/C23H35N7O6S/c1-9-16-15(11(3)31)21(34)30(16)17(22(35)36)18(9)37-13-6-14(26-7-13)20(33)29-5-4-12(8-29)28-19(32)10(2)27-23(24)25/h9-16,26,31H,4-8H2,1-3H3,(H,28,32)(H,35,36)(H4,24,25,27)/t9?,10?,11?,12?,13?,14?,15?,16-/m0/s1. The zero-order valence-electron chi connectivity index (χ0n) is 21.1. The van der Waals surface area contributed by atoms with E-state index in [1.807, 2.05) is 6.92 Å². The number of fused-ring (bicyclic) bond motifs is 1. The number of rotatable bonds is 8. The highest BCUT2D eigenvalue weighted by Crippen LogP contribution is 2.51. The summed E-state index contributed by atoms with van der Waals surface area (Å²) < 4.78 is 0. The van der Waals surface area contributed by atoms with Crippen LogP contribution in [0.4, 0.5) is 0 Å². The number of aliphatic hydroxyl groups excluding tert-OH is 1. The van der Waals surface area contributed by atoms with Gasteiger partial charge in [-0.25, -0.2) is 9.79 Å². The van der Waals surface area contributed by atoms with Crippen LogP contribution < -0.4 is 22.1 Å². The number of aliphatic carboxylic acids is 1. The molecule has 0 aliphatic carbocycles. The fraction of sp³-hybridized carbons (Fsp3) is 0.696. The number of β-lactam (4-membered cyclic amide) rings is 1. The molecule has 3 amide bonds. The molecule has 0 radical (unpaired) electrons. The zero-order valence-corrected chi connectivity index (χ0v) is 21.9. The van der Waals surface area contributed by atoms with E-state index < -0.39 is 30.1 Å². The molecule has 0 saturated carbocycles. The summed E-state index contributed by atoms with van der Waals surface area (Å²) in [6.45, 7) is 6.45. The highest BCUT2D eigenvalue weighted by Gasteiger charge is 2.60. The van der Waals surface area contributed by atoms with Crippen molar-refractivity contribution < 1.29 is 29.4 Å². The van der Waals surface area contributed by atoms with Crippen molar-refractivity contribution in [1.82, 2.24) is 20.4 Å². The lowest BCUT2D eigenvalue weighted by Crippen LogP contribution is -2.63. The number of aliphatic imine (C=N–C) groups is 1. The van der Waals surface area contributed by atoms with E-state index in [-0.39, 0.29) is 52.6 Å². The fourth-order valence-corrected chi connectivity index (χ4v) is 7.22. The molecule has 0 aromatic carbocycles. The fourth-order valence-electron chi connectivity index (χ4n) is 5.74. The third-order valence-corrected chi connectivity index (χ3v) is 9.07. The third-order valence-electron chi connectivity index (χ3n) is 7.56. The molecule has 0 aromatic heterocycles. The maximum atomic E-state index is 13.2. The van der Waals surface area contributed by atoms with Gasteiger partial charge in [0.25, 0.3) is 0 Å². The number of carboxylic acids is 1. The van der Waals surface area contributed by atoms with Gasteiger partial charge in [-0.3, -0.25) is 14.4 Å². The van der Waals surface area contributed by atoms with Crippen LogP contribution in [-0.2, 0) is 19.2 Å². The molecule has 0 aromatic rings. The highest BCUT2D eigenvalue weighted by molar-refractivity contribution is 8.03. The maximum absolute atomic E-state index is 13.2. The molecule has 7 unspecified atom stereocenters. The molecule has 4 rings (SSSR count). The first-order valence-electron chi connectivity index (χ1n) is 12.5. The SMILES string of the molecule is CC(N=C(N)N)C(=O)NC1CCN(C(=O)C2CC(SC3=C(C(=O)O)N4C(=O)C(C(C)O)[C@@H]4C3C)CN2)C1. The lowest BCUT2D eigenvalue weighted by Gasteiger charge is -2.46. The molecule has 3 saturated heterocycles. The molecule has 0 bridgehead atoms. The van der Waals surface area contributed by atoms with Crippen molar-refractivity contribution in [2.24, 2.45) is 28.3 Å². The van der Waals surface area contributed by atoms with Crippen molar-refractivity contribution in [2.75, 3.05) is 19.6 Å². The van der Waals surface area contributed by atoms with Crippen LogP contribution in [0.15, 0.2) is 15.6 Å². The van der Waals surface area contributed by atoms with Crippen molar-refractivity contribution in [1.29, 1.82) is 0 Å². The van der Waals surface area contributed by atoms with Gasteiger partial charge in [0.2, 0.25) is 17.7 Å². The van der Waals surface area contributed by atoms with Crippen LogP contribution in [0.3, 0.4) is 0 Å². The van der Waals surface area contributed by atoms with E-state index in [0.29, 0.717) is 37.4 Å². The van der Waals surface area contributed by atoms with Crippen LogP contribution >= 0.6 is 11.8 Å². The molecule has 37 heavy (non-hydrogen) atoms. The van der Waals surface area contributed by atoms with Crippen molar-refractivity contribution >= 4 is 41.4 Å². The summed E-state index contributed by atoms with van der Waals surface area (Å²) in [7, 11) is 0. The number of hydrogen-bond acceptors (Lipinski definition) is 8. The average molecular weight is 538 g/mol. The second kappa shape index (κ2) is 10.5. The topological polar surface area (TPSA) is 204 Å².